The highest BCUT2D eigenvalue weighted by molar-refractivity contribution is 6.08. The normalized spacial score (nSPS) is 18.9. The molecule has 2 amide bonds. The van der Waals surface area contributed by atoms with Crippen LogP contribution in [0.2, 0.25) is 0 Å². The number of benzene rings is 1. The van der Waals surface area contributed by atoms with Crippen LogP contribution in [0.25, 0.3) is 10.9 Å². The van der Waals surface area contributed by atoms with E-state index in [0.29, 0.717) is 32.1 Å². The van der Waals surface area contributed by atoms with Crippen molar-refractivity contribution < 1.29 is 9.59 Å². The lowest BCUT2D eigenvalue weighted by atomic mass is 10.1. The predicted octanol–water partition coefficient (Wildman–Crippen LogP) is 2.95. The van der Waals surface area contributed by atoms with Crippen molar-refractivity contribution in [2.75, 3.05) is 26.2 Å². The first-order chi connectivity index (χ1) is 12.1. The minimum Gasteiger partial charge on any atom is -0.358 e. The van der Waals surface area contributed by atoms with Crippen LogP contribution in [-0.2, 0) is 4.79 Å². The Labute approximate surface area is 148 Å². The number of hydrogen-bond acceptors (Lipinski definition) is 2. The van der Waals surface area contributed by atoms with Gasteiger partial charge in [0.15, 0.2) is 0 Å². The van der Waals surface area contributed by atoms with E-state index in [-0.39, 0.29) is 11.8 Å². The zero-order valence-electron chi connectivity index (χ0n) is 14.8. The minimum atomic E-state index is 0.0721. The Morgan fingerprint density at radius 1 is 1.00 bits per heavy atom. The molecular weight excluding hydrogens is 314 g/mol. The van der Waals surface area contributed by atoms with Crippen molar-refractivity contribution in [3.05, 3.63) is 35.5 Å². The molecule has 1 aromatic heterocycles. The molecule has 5 nitrogen and oxygen atoms in total. The van der Waals surface area contributed by atoms with E-state index < -0.39 is 0 Å². The molecule has 0 unspecified atom stereocenters. The lowest BCUT2D eigenvalue weighted by molar-refractivity contribution is -0.136. The third-order valence-electron chi connectivity index (χ3n) is 5.69. The van der Waals surface area contributed by atoms with Crippen LogP contribution in [0.5, 0.6) is 0 Å². The van der Waals surface area contributed by atoms with Crippen molar-refractivity contribution in [3.63, 3.8) is 0 Å². The van der Waals surface area contributed by atoms with Crippen molar-refractivity contribution in [3.8, 4) is 0 Å². The van der Waals surface area contributed by atoms with Crippen molar-refractivity contribution in [1.82, 2.24) is 14.8 Å². The molecule has 25 heavy (non-hydrogen) atoms. The van der Waals surface area contributed by atoms with Gasteiger partial charge >= 0.3 is 0 Å². The molecule has 132 valence electrons. The fourth-order valence-electron chi connectivity index (χ4n) is 4.27. The molecule has 1 aliphatic carbocycles. The standard InChI is InChI=1S/C20H25N3O2/c1-14-18(16-8-4-5-9-17(16)21-14)20(25)23-12-10-22(11-13-23)19(24)15-6-2-3-7-15/h4-5,8-9,15,21H,2-3,6-7,10-13H2,1H3. The van der Waals surface area contributed by atoms with Crippen LogP contribution in [0.4, 0.5) is 0 Å². The Morgan fingerprint density at radius 3 is 2.36 bits per heavy atom. The zero-order valence-corrected chi connectivity index (χ0v) is 14.8. The highest BCUT2D eigenvalue weighted by atomic mass is 16.2. The summed E-state index contributed by atoms with van der Waals surface area (Å²) in [5, 5.41) is 0.981. The van der Waals surface area contributed by atoms with Gasteiger partial charge in [-0.15, -0.1) is 0 Å². The number of nitrogens with one attached hydrogen (secondary N) is 1. The van der Waals surface area contributed by atoms with Crippen LogP contribution in [0.1, 0.15) is 41.7 Å². The first kappa shape index (κ1) is 16.2. The summed E-state index contributed by atoms with van der Waals surface area (Å²) < 4.78 is 0. The Balaban J connectivity index is 1.46. The first-order valence-corrected chi connectivity index (χ1v) is 9.30. The number of aryl methyl sites for hydroxylation is 1. The average molecular weight is 339 g/mol. The highest BCUT2D eigenvalue weighted by Crippen LogP contribution is 2.27. The maximum atomic E-state index is 13.0. The Bertz CT molecular complexity index is 796. The molecule has 0 spiro atoms. The predicted molar refractivity (Wildman–Crippen MR) is 97.5 cm³/mol. The van der Waals surface area contributed by atoms with Gasteiger partial charge in [0.05, 0.1) is 5.56 Å². The highest BCUT2D eigenvalue weighted by Gasteiger charge is 2.31. The molecular formula is C20H25N3O2. The van der Waals surface area contributed by atoms with E-state index in [1.807, 2.05) is 41.0 Å². The molecule has 2 aliphatic rings. The Morgan fingerprint density at radius 2 is 1.64 bits per heavy atom. The summed E-state index contributed by atoms with van der Waals surface area (Å²) in [6.45, 7) is 4.50. The number of carbonyl (C=O) groups is 2. The van der Waals surface area contributed by atoms with Crippen LogP contribution < -0.4 is 0 Å². The van der Waals surface area contributed by atoms with Crippen molar-refractivity contribution in [2.24, 2.45) is 5.92 Å². The van der Waals surface area contributed by atoms with Gasteiger partial charge in [0.2, 0.25) is 5.91 Å². The third-order valence-corrected chi connectivity index (χ3v) is 5.69. The summed E-state index contributed by atoms with van der Waals surface area (Å²) >= 11 is 0. The number of H-pyrrole nitrogens is 1. The monoisotopic (exact) mass is 339 g/mol. The van der Waals surface area contributed by atoms with Gasteiger partial charge in [-0.2, -0.15) is 0 Å². The molecule has 1 saturated carbocycles. The molecule has 1 N–H and O–H groups in total. The summed E-state index contributed by atoms with van der Waals surface area (Å²) in [5.41, 5.74) is 2.68. The summed E-state index contributed by atoms with van der Waals surface area (Å²) in [4.78, 5) is 32.7. The second kappa shape index (κ2) is 6.54. The molecule has 2 aromatic rings. The van der Waals surface area contributed by atoms with E-state index >= 15 is 0 Å². The van der Waals surface area contributed by atoms with Gasteiger partial charge in [0.1, 0.15) is 0 Å². The van der Waals surface area contributed by atoms with Crippen LogP contribution in [0.3, 0.4) is 0 Å². The van der Waals surface area contributed by atoms with Crippen LogP contribution in [0, 0.1) is 12.8 Å². The number of hydrogen-bond donors (Lipinski definition) is 1. The molecule has 2 heterocycles. The molecule has 0 atom stereocenters. The van der Waals surface area contributed by atoms with Gasteiger partial charge in [-0.05, 0) is 25.8 Å². The number of para-hydroxylation sites is 1. The molecule has 0 bridgehead atoms. The topological polar surface area (TPSA) is 56.4 Å². The van der Waals surface area contributed by atoms with Gasteiger partial charge in [0.25, 0.3) is 5.91 Å². The van der Waals surface area contributed by atoms with Gasteiger partial charge in [0, 0.05) is 48.7 Å². The maximum absolute atomic E-state index is 13.0. The van der Waals surface area contributed by atoms with E-state index in [2.05, 4.69) is 4.98 Å². The summed E-state index contributed by atoms with van der Waals surface area (Å²) in [5.74, 6) is 0.592. The number of nitrogens with zero attached hydrogens (tertiary/aromatic N) is 2. The second-order valence-electron chi connectivity index (χ2n) is 7.27. The van der Waals surface area contributed by atoms with Gasteiger partial charge in [-0.3, -0.25) is 9.59 Å². The number of fused-ring (bicyclic) bond motifs is 1. The maximum Gasteiger partial charge on any atom is 0.256 e. The quantitative estimate of drug-likeness (QED) is 0.914. The van der Waals surface area contributed by atoms with Crippen LogP contribution >= 0.6 is 0 Å². The number of aromatic nitrogens is 1. The molecule has 1 aromatic carbocycles. The van der Waals surface area contributed by atoms with Gasteiger partial charge in [-0.25, -0.2) is 0 Å². The zero-order chi connectivity index (χ0) is 17.4. The SMILES string of the molecule is Cc1[nH]c2ccccc2c1C(=O)N1CCN(C(=O)C2CCCC2)CC1. The second-order valence-corrected chi connectivity index (χ2v) is 7.27. The van der Waals surface area contributed by atoms with E-state index in [1.54, 1.807) is 0 Å². The average Bonchev–Trinajstić information content (AvgIpc) is 3.27. The summed E-state index contributed by atoms with van der Waals surface area (Å²) in [6, 6.07) is 7.92. The lowest BCUT2D eigenvalue weighted by Gasteiger charge is -2.36. The molecule has 5 heteroatoms. The van der Waals surface area contributed by atoms with Crippen molar-refractivity contribution in [1.29, 1.82) is 0 Å². The number of amides is 2. The van der Waals surface area contributed by atoms with E-state index in [4.69, 9.17) is 0 Å². The van der Waals surface area contributed by atoms with E-state index in [0.717, 1.165) is 35.0 Å². The van der Waals surface area contributed by atoms with E-state index in [1.165, 1.54) is 12.8 Å². The fourth-order valence-corrected chi connectivity index (χ4v) is 4.27. The summed E-state index contributed by atoms with van der Waals surface area (Å²) in [6.07, 6.45) is 4.42. The van der Waals surface area contributed by atoms with Gasteiger partial charge < -0.3 is 14.8 Å². The fraction of sp³-hybridized carbons (Fsp3) is 0.500. The smallest absolute Gasteiger partial charge is 0.256 e. The largest absolute Gasteiger partial charge is 0.358 e. The number of rotatable bonds is 2. The number of carbonyl (C=O) groups excluding carboxylic acids is 2. The molecule has 4 rings (SSSR count). The Hall–Kier alpha value is -2.30. The summed E-state index contributed by atoms with van der Waals surface area (Å²) in [7, 11) is 0. The molecule has 1 saturated heterocycles. The third kappa shape index (κ3) is 2.92. The molecule has 1 aliphatic heterocycles. The van der Waals surface area contributed by atoms with Crippen molar-refractivity contribution >= 4 is 22.7 Å². The van der Waals surface area contributed by atoms with Crippen molar-refractivity contribution in [2.45, 2.75) is 32.6 Å². The number of piperazine rings is 1. The molecule has 0 radical (unpaired) electrons. The number of aromatic amines is 1. The van der Waals surface area contributed by atoms with E-state index in [9.17, 15) is 9.59 Å². The lowest BCUT2D eigenvalue weighted by Crippen LogP contribution is -2.51. The van der Waals surface area contributed by atoms with Crippen LogP contribution in [-0.4, -0.2) is 52.8 Å². The van der Waals surface area contributed by atoms with Crippen LogP contribution in [0.15, 0.2) is 24.3 Å². The minimum absolute atomic E-state index is 0.0721. The first-order valence-electron chi connectivity index (χ1n) is 9.30. The molecule has 2 fully saturated rings. The van der Waals surface area contributed by atoms with Gasteiger partial charge in [-0.1, -0.05) is 31.0 Å². The Kier molecular flexibility index (Phi) is 4.24.